The number of amides is 1. The molecular formula is C18H20F3N5O2S. The number of nitrogens with zero attached hydrogens (tertiary/aromatic N) is 4. The van der Waals surface area contributed by atoms with Gasteiger partial charge in [0.1, 0.15) is 6.54 Å². The first-order valence-electron chi connectivity index (χ1n) is 9.10. The van der Waals surface area contributed by atoms with Gasteiger partial charge in [0, 0.05) is 6.54 Å². The summed E-state index contributed by atoms with van der Waals surface area (Å²) in [5, 5.41) is 10.1. The molecule has 2 heterocycles. The molecule has 3 rings (SSSR count). The van der Waals surface area contributed by atoms with E-state index in [4.69, 9.17) is 0 Å². The van der Waals surface area contributed by atoms with E-state index in [-0.39, 0.29) is 5.56 Å². The fraction of sp³-hybridized carbons (Fsp3) is 0.444. The minimum Gasteiger partial charge on any atom is -0.346 e. The standard InChI is InChI=1S/C18H20F3N5O2S/c1-3-4-9-25-15(28)12-7-5-6-8-13(12)26-16(25)23-24-17(26)29-11(2)14(27)22-10-18(19,20)21/h5-8,11H,3-4,9-10H2,1-2H3,(H,22,27). The third-order valence-electron chi connectivity index (χ3n) is 4.33. The van der Waals surface area contributed by atoms with Crippen molar-refractivity contribution >= 4 is 34.3 Å². The van der Waals surface area contributed by atoms with Crippen LogP contribution in [0.25, 0.3) is 16.7 Å². The Bertz CT molecular complexity index is 1090. The van der Waals surface area contributed by atoms with E-state index in [1.54, 1.807) is 28.7 Å². The van der Waals surface area contributed by atoms with Crippen molar-refractivity contribution in [1.82, 2.24) is 24.5 Å². The van der Waals surface area contributed by atoms with Gasteiger partial charge in [-0.3, -0.25) is 18.6 Å². The predicted octanol–water partition coefficient (Wildman–Crippen LogP) is 3.00. The van der Waals surface area contributed by atoms with Crippen molar-refractivity contribution in [1.29, 1.82) is 0 Å². The number of rotatable bonds is 7. The molecule has 2 aromatic heterocycles. The first-order chi connectivity index (χ1) is 13.7. The van der Waals surface area contributed by atoms with Gasteiger partial charge < -0.3 is 5.32 Å². The summed E-state index contributed by atoms with van der Waals surface area (Å²) in [5.74, 6) is -0.416. The van der Waals surface area contributed by atoms with Crippen LogP contribution in [0.2, 0.25) is 0 Å². The molecule has 1 amide bonds. The van der Waals surface area contributed by atoms with Crippen LogP contribution in [0.1, 0.15) is 26.7 Å². The molecule has 7 nitrogen and oxygen atoms in total. The molecule has 11 heteroatoms. The number of nitrogens with one attached hydrogen (secondary N) is 1. The summed E-state index contributed by atoms with van der Waals surface area (Å²) < 4.78 is 40.2. The van der Waals surface area contributed by atoms with E-state index in [1.165, 1.54) is 11.5 Å². The number of alkyl halides is 3. The molecule has 3 aromatic rings. The van der Waals surface area contributed by atoms with Gasteiger partial charge in [-0.25, -0.2) is 0 Å². The second kappa shape index (κ2) is 8.44. The van der Waals surface area contributed by atoms with Crippen LogP contribution < -0.4 is 10.9 Å². The van der Waals surface area contributed by atoms with E-state index in [1.807, 2.05) is 12.2 Å². The van der Waals surface area contributed by atoms with Crippen LogP contribution in [0.15, 0.2) is 34.2 Å². The van der Waals surface area contributed by atoms with Crippen LogP contribution in [0, 0.1) is 0 Å². The molecule has 0 spiro atoms. The Morgan fingerprint density at radius 2 is 2.00 bits per heavy atom. The lowest BCUT2D eigenvalue weighted by Crippen LogP contribution is -2.38. The number of hydrogen-bond acceptors (Lipinski definition) is 5. The minimum atomic E-state index is -4.48. The monoisotopic (exact) mass is 427 g/mol. The van der Waals surface area contributed by atoms with E-state index >= 15 is 0 Å². The molecule has 0 bridgehead atoms. The van der Waals surface area contributed by atoms with Gasteiger partial charge in [-0.05, 0) is 25.5 Å². The van der Waals surface area contributed by atoms with E-state index in [0.29, 0.717) is 28.4 Å². The second-order valence-electron chi connectivity index (χ2n) is 6.54. The van der Waals surface area contributed by atoms with Gasteiger partial charge in [0.2, 0.25) is 11.7 Å². The number of carbonyl (C=O) groups is 1. The SMILES string of the molecule is CCCCn1c(=O)c2ccccc2n2c(SC(C)C(=O)NCC(F)(F)F)nnc12. The van der Waals surface area contributed by atoms with Crippen molar-refractivity contribution in [2.75, 3.05) is 6.54 Å². The van der Waals surface area contributed by atoms with Crippen molar-refractivity contribution < 1.29 is 18.0 Å². The Morgan fingerprint density at radius 1 is 1.28 bits per heavy atom. The number of aryl methyl sites for hydroxylation is 1. The fourth-order valence-corrected chi connectivity index (χ4v) is 3.75. The van der Waals surface area contributed by atoms with E-state index in [2.05, 4.69) is 10.2 Å². The van der Waals surface area contributed by atoms with Gasteiger partial charge in [0.25, 0.3) is 5.56 Å². The summed E-state index contributed by atoms with van der Waals surface area (Å²) in [6.07, 6.45) is -2.82. The maximum absolute atomic E-state index is 12.9. The number of hydrogen-bond donors (Lipinski definition) is 1. The highest BCUT2D eigenvalue weighted by Gasteiger charge is 2.29. The van der Waals surface area contributed by atoms with Crippen LogP contribution in [0.3, 0.4) is 0 Å². The third kappa shape index (κ3) is 4.55. The zero-order chi connectivity index (χ0) is 21.2. The average Bonchev–Trinajstić information content (AvgIpc) is 3.09. The number of carbonyl (C=O) groups excluding carboxylic acids is 1. The molecule has 0 radical (unpaired) electrons. The molecule has 1 N–H and O–H groups in total. The van der Waals surface area contributed by atoms with Crippen molar-refractivity contribution in [2.24, 2.45) is 0 Å². The lowest BCUT2D eigenvalue weighted by molar-refractivity contribution is -0.137. The molecular weight excluding hydrogens is 407 g/mol. The first-order valence-corrected chi connectivity index (χ1v) is 9.98. The van der Waals surface area contributed by atoms with Crippen LogP contribution in [0.5, 0.6) is 0 Å². The van der Waals surface area contributed by atoms with E-state index in [9.17, 15) is 22.8 Å². The molecule has 156 valence electrons. The summed E-state index contributed by atoms with van der Waals surface area (Å²) >= 11 is 0.986. The fourth-order valence-electron chi connectivity index (χ4n) is 2.87. The van der Waals surface area contributed by atoms with Gasteiger partial charge in [-0.2, -0.15) is 13.2 Å². The van der Waals surface area contributed by atoms with Crippen molar-refractivity contribution in [3.63, 3.8) is 0 Å². The zero-order valence-corrected chi connectivity index (χ0v) is 16.7. The number of fused-ring (bicyclic) bond motifs is 3. The van der Waals surface area contributed by atoms with Crippen LogP contribution in [0.4, 0.5) is 13.2 Å². The van der Waals surface area contributed by atoms with Gasteiger partial charge in [-0.15, -0.1) is 10.2 Å². The molecule has 0 saturated carbocycles. The summed E-state index contributed by atoms with van der Waals surface area (Å²) in [6.45, 7) is 2.58. The Kier molecular flexibility index (Phi) is 6.15. The Labute approximate surface area is 168 Å². The Balaban J connectivity index is 2.00. The molecule has 0 fully saturated rings. The van der Waals surface area contributed by atoms with Crippen LogP contribution in [-0.4, -0.2) is 43.0 Å². The highest BCUT2D eigenvalue weighted by Crippen LogP contribution is 2.25. The quantitative estimate of drug-likeness (QED) is 0.587. The molecule has 1 atom stereocenters. The highest BCUT2D eigenvalue weighted by atomic mass is 32.2. The van der Waals surface area contributed by atoms with Gasteiger partial charge in [-0.1, -0.05) is 37.2 Å². The van der Waals surface area contributed by atoms with Crippen molar-refractivity contribution in [2.45, 2.75) is 49.8 Å². The molecule has 0 aliphatic carbocycles. The average molecular weight is 427 g/mol. The lowest BCUT2D eigenvalue weighted by Gasteiger charge is -2.14. The van der Waals surface area contributed by atoms with Crippen LogP contribution in [-0.2, 0) is 11.3 Å². The summed E-state index contributed by atoms with van der Waals surface area (Å²) in [6, 6.07) is 6.97. The number of para-hydroxylation sites is 1. The highest BCUT2D eigenvalue weighted by molar-refractivity contribution is 8.00. The van der Waals surface area contributed by atoms with Gasteiger partial charge in [0.05, 0.1) is 16.2 Å². The maximum atomic E-state index is 12.9. The van der Waals surface area contributed by atoms with Crippen molar-refractivity contribution in [3.8, 4) is 0 Å². The van der Waals surface area contributed by atoms with Crippen LogP contribution >= 0.6 is 11.8 Å². The summed E-state index contributed by atoms with van der Waals surface area (Å²) in [5.41, 5.74) is 0.400. The molecule has 1 aromatic carbocycles. The van der Waals surface area contributed by atoms with E-state index < -0.39 is 23.9 Å². The van der Waals surface area contributed by atoms with E-state index in [0.717, 1.165) is 24.6 Å². The molecule has 0 aliphatic rings. The predicted molar refractivity (Wildman–Crippen MR) is 104 cm³/mol. The summed E-state index contributed by atoms with van der Waals surface area (Å²) in [4.78, 5) is 24.9. The molecule has 0 saturated heterocycles. The second-order valence-corrected chi connectivity index (χ2v) is 7.85. The van der Waals surface area contributed by atoms with Gasteiger partial charge >= 0.3 is 6.18 Å². The smallest absolute Gasteiger partial charge is 0.346 e. The zero-order valence-electron chi connectivity index (χ0n) is 15.9. The molecule has 0 aliphatic heterocycles. The Hall–Kier alpha value is -2.56. The maximum Gasteiger partial charge on any atom is 0.405 e. The van der Waals surface area contributed by atoms with Crippen molar-refractivity contribution in [3.05, 3.63) is 34.6 Å². The number of benzene rings is 1. The number of aromatic nitrogens is 4. The largest absolute Gasteiger partial charge is 0.405 e. The molecule has 1 unspecified atom stereocenters. The number of halogens is 3. The summed E-state index contributed by atoms with van der Waals surface area (Å²) in [7, 11) is 0. The minimum absolute atomic E-state index is 0.179. The number of unbranched alkanes of at least 4 members (excludes halogenated alkanes) is 1. The first kappa shape index (κ1) is 21.2. The topological polar surface area (TPSA) is 81.3 Å². The number of thioether (sulfide) groups is 1. The molecule has 29 heavy (non-hydrogen) atoms. The van der Waals surface area contributed by atoms with Gasteiger partial charge in [0.15, 0.2) is 5.16 Å². The third-order valence-corrected chi connectivity index (χ3v) is 5.37. The Morgan fingerprint density at radius 3 is 2.69 bits per heavy atom. The lowest BCUT2D eigenvalue weighted by atomic mass is 10.2. The normalized spacial score (nSPS) is 13.1.